The number of aryl methyl sites for hydroxylation is 1. The number of rotatable bonds is 3. The van der Waals surface area contributed by atoms with E-state index >= 15 is 0 Å². The van der Waals surface area contributed by atoms with Crippen molar-refractivity contribution in [2.24, 2.45) is 0 Å². The predicted octanol–water partition coefficient (Wildman–Crippen LogP) is 4.03. The zero-order valence-electron chi connectivity index (χ0n) is 11.4. The summed E-state index contributed by atoms with van der Waals surface area (Å²) in [4.78, 5) is 15.6. The Bertz CT molecular complexity index is 827. The molecular weight excluding hydrogens is 266 g/mol. The van der Waals surface area contributed by atoms with Crippen molar-refractivity contribution in [3.05, 3.63) is 65.7 Å². The normalized spacial score (nSPS) is 10.5. The molecule has 0 amide bonds. The third-order valence-corrected chi connectivity index (χ3v) is 3.15. The lowest BCUT2D eigenvalue weighted by atomic mass is 10.1. The van der Waals surface area contributed by atoms with Gasteiger partial charge in [-0.25, -0.2) is 9.78 Å². The Balaban J connectivity index is 2.02. The smallest absolute Gasteiger partial charge is 0.339 e. The minimum absolute atomic E-state index is 0.121. The summed E-state index contributed by atoms with van der Waals surface area (Å²) >= 11 is 0. The van der Waals surface area contributed by atoms with Crippen LogP contribution in [0.5, 0.6) is 11.6 Å². The highest BCUT2D eigenvalue weighted by Gasteiger charge is 2.12. The van der Waals surface area contributed by atoms with Crippen LogP contribution in [0.15, 0.2) is 54.6 Å². The van der Waals surface area contributed by atoms with Crippen LogP contribution in [0.1, 0.15) is 15.9 Å². The van der Waals surface area contributed by atoms with Crippen LogP contribution < -0.4 is 4.74 Å². The van der Waals surface area contributed by atoms with E-state index in [4.69, 9.17) is 4.74 Å². The zero-order chi connectivity index (χ0) is 14.8. The second kappa shape index (κ2) is 5.25. The Morgan fingerprint density at radius 1 is 1.10 bits per heavy atom. The average molecular weight is 279 g/mol. The Labute approximate surface area is 121 Å². The van der Waals surface area contributed by atoms with Gasteiger partial charge in [-0.2, -0.15) is 0 Å². The van der Waals surface area contributed by atoms with Crippen molar-refractivity contribution in [3.8, 4) is 11.6 Å². The molecule has 2 aromatic carbocycles. The topological polar surface area (TPSA) is 59.4 Å². The molecule has 0 aliphatic carbocycles. The van der Waals surface area contributed by atoms with Gasteiger partial charge in [0.1, 0.15) is 11.3 Å². The average Bonchev–Trinajstić information content (AvgIpc) is 2.47. The fourth-order valence-electron chi connectivity index (χ4n) is 2.11. The Kier molecular flexibility index (Phi) is 3.28. The molecule has 0 fully saturated rings. The van der Waals surface area contributed by atoms with Crippen molar-refractivity contribution < 1.29 is 14.6 Å². The number of benzene rings is 2. The highest BCUT2D eigenvalue weighted by atomic mass is 16.5. The Morgan fingerprint density at radius 2 is 1.90 bits per heavy atom. The highest BCUT2D eigenvalue weighted by Crippen LogP contribution is 2.26. The summed E-state index contributed by atoms with van der Waals surface area (Å²) in [6, 6.07) is 16.3. The molecule has 0 atom stereocenters. The van der Waals surface area contributed by atoms with Crippen molar-refractivity contribution in [3.63, 3.8) is 0 Å². The number of aromatic nitrogens is 1. The molecule has 0 radical (unpaired) electrons. The first kappa shape index (κ1) is 13.1. The highest BCUT2D eigenvalue weighted by molar-refractivity contribution is 5.91. The number of ether oxygens (including phenoxy) is 1. The van der Waals surface area contributed by atoms with E-state index in [-0.39, 0.29) is 5.56 Å². The molecule has 0 saturated heterocycles. The molecule has 4 nitrogen and oxygen atoms in total. The summed E-state index contributed by atoms with van der Waals surface area (Å²) in [6.45, 7) is 1.88. The van der Waals surface area contributed by atoms with E-state index in [0.717, 1.165) is 16.5 Å². The minimum Gasteiger partial charge on any atom is -0.478 e. The molecule has 0 saturated carbocycles. The van der Waals surface area contributed by atoms with Crippen molar-refractivity contribution in [2.75, 3.05) is 0 Å². The van der Waals surface area contributed by atoms with Crippen LogP contribution in [-0.2, 0) is 0 Å². The maximum atomic E-state index is 11.2. The number of hydrogen-bond acceptors (Lipinski definition) is 3. The molecule has 4 heteroatoms. The van der Waals surface area contributed by atoms with Gasteiger partial charge in [0.25, 0.3) is 0 Å². The number of nitrogens with zero attached hydrogens (tertiary/aromatic N) is 1. The second-order valence-electron chi connectivity index (χ2n) is 4.75. The van der Waals surface area contributed by atoms with Crippen LogP contribution in [0.2, 0.25) is 0 Å². The molecule has 0 aliphatic heterocycles. The Hall–Kier alpha value is -2.88. The van der Waals surface area contributed by atoms with Crippen LogP contribution in [0.3, 0.4) is 0 Å². The van der Waals surface area contributed by atoms with E-state index in [9.17, 15) is 9.90 Å². The van der Waals surface area contributed by atoms with Crippen molar-refractivity contribution in [1.82, 2.24) is 4.98 Å². The molecular formula is C17H13NO3. The van der Waals surface area contributed by atoms with Crippen molar-refractivity contribution >= 4 is 16.9 Å². The number of hydrogen-bond donors (Lipinski definition) is 1. The third-order valence-electron chi connectivity index (χ3n) is 3.15. The van der Waals surface area contributed by atoms with Crippen LogP contribution in [-0.4, -0.2) is 16.1 Å². The van der Waals surface area contributed by atoms with E-state index in [1.54, 1.807) is 18.2 Å². The molecule has 0 aliphatic rings. The first-order chi connectivity index (χ1) is 10.1. The SMILES string of the molecule is Cc1ccc(C(=O)O)c(Oc2ccc3ccccc3n2)c1. The van der Waals surface area contributed by atoms with E-state index in [1.807, 2.05) is 37.3 Å². The first-order valence-electron chi connectivity index (χ1n) is 6.51. The van der Waals surface area contributed by atoms with Crippen LogP contribution in [0.25, 0.3) is 10.9 Å². The molecule has 0 bridgehead atoms. The van der Waals surface area contributed by atoms with Gasteiger partial charge < -0.3 is 9.84 Å². The van der Waals surface area contributed by atoms with Gasteiger partial charge in [0, 0.05) is 11.5 Å². The van der Waals surface area contributed by atoms with Gasteiger partial charge in [0.15, 0.2) is 0 Å². The summed E-state index contributed by atoms with van der Waals surface area (Å²) in [5.41, 5.74) is 1.85. The number of carboxylic acids is 1. The zero-order valence-corrected chi connectivity index (χ0v) is 11.4. The standard InChI is InChI=1S/C17H13NO3/c1-11-6-8-13(17(19)20)15(10-11)21-16-9-7-12-4-2-3-5-14(12)18-16/h2-10H,1H3,(H,19,20). The summed E-state index contributed by atoms with van der Waals surface area (Å²) in [7, 11) is 0. The van der Waals surface area contributed by atoms with E-state index in [1.165, 1.54) is 6.07 Å². The van der Waals surface area contributed by atoms with Crippen LogP contribution >= 0.6 is 0 Å². The van der Waals surface area contributed by atoms with Gasteiger partial charge in [0.05, 0.1) is 5.52 Å². The lowest BCUT2D eigenvalue weighted by Gasteiger charge is -2.09. The molecule has 1 N–H and O–H groups in total. The number of fused-ring (bicyclic) bond motifs is 1. The monoisotopic (exact) mass is 279 g/mol. The van der Waals surface area contributed by atoms with Crippen molar-refractivity contribution in [2.45, 2.75) is 6.92 Å². The molecule has 3 aromatic rings. The lowest BCUT2D eigenvalue weighted by Crippen LogP contribution is -2.01. The third kappa shape index (κ3) is 2.69. The fourth-order valence-corrected chi connectivity index (χ4v) is 2.11. The summed E-state index contributed by atoms with van der Waals surface area (Å²) in [6.07, 6.45) is 0. The fraction of sp³-hybridized carbons (Fsp3) is 0.0588. The second-order valence-corrected chi connectivity index (χ2v) is 4.75. The van der Waals surface area contributed by atoms with Gasteiger partial charge in [0.2, 0.25) is 5.88 Å². The first-order valence-corrected chi connectivity index (χ1v) is 6.51. The summed E-state index contributed by atoms with van der Waals surface area (Å²) in [5.74, 6) is -0.349. The lowest BCUT2D eigenvalue weighted by molar-refractivity contribution is 0.0694. The summed E-state index contributed by atoms with van der Waals surface area (Å²) < 4.78 is 5.67. The molecule has 1 heterocycles. The van der Waals surface area contributed by atoms with Gasteiger partial charge in [-0.15, -0.1) is 0 Å². The van der Waals surface area contributed by atoms with Gasteiger partial charge in [-0.1, -0.05) is 24.3 Å². The van der Waals surface area contributed by atoms with Crippen LogP contribution in [0, 0.1) is 6.92 Å². The molecule has 104 valence electrons. The molecule has 0 spiro atoms. The van der Waals surface area contributed by atoms with E-state index in [2.05, 4.69) is 4.98 Å². The number of carbonyl (C=O) groups is 1. The molecule has 21 heavy (non-hydrogen) atoms. The number of carboxylic acid groups (broad SMARTS) is 1. The van der Waals surface area contributed by atoms with Gasteiger partial charge >= 0.3 is 5.97 Å². The molecule has 3 rings (SSSR count). The predicted molar refractivity (Wildman–Crippen MR) is 80.0 cm³/mol. The van der Waals surface area contributed by atoms with Gasteiger partial charge in [-0.05, 0) is 36.8 Å². The van der Waals surface area contributed by atoms with E-state index in [0.29, 0.717) is 11.6 Å². The number of para-hydroxylation sites is 1. The maximum Gasteiger partial charge on any atom is 0.339 e. The van der Waals surface area contributed by atoms with Crippen molar-refractivity contribution in [1.29, 1.82) is 0 Å². The summed E-state index contributed by atoms with van der Waals surface area (Å²) in [5, 5.41) is 10.2. The van der Waals surface area contributed by atoms with Crippen LogP contribution in [0.4, 0.5) is 0 Å². The number of pyridine rings is 1. The number of aromatic carboxylic acids is 1. The maximum absolute atomic E-state index is 11.2. The molecule has 0 unspecified atom stereocenters. The quantitative estimate of drug-likeness (QED) is 0.786. The largest absolute Gasteiger partial charge is 0.478 e. The van der Waals surface area contributed by atoms with E-state index < -0.39 is 5.97 Å². The minimum atomic E-state index is -1.02. The van der Waals surface area contributed by atoms with Gasteiger partial charge in [-0.3, -0.25) is 0 Å². The Morgan fingerprint density at radius 3 is 2.71 bits per heavy atom. The molecule has 1 aromatic heterocycles.